The van der Waals surface area contributed by atoms with Crippen molar-refractivity contribution in [1.29, 1.82) is 0 Å². The van der Waals surface area contributed by atoms with Gasteiger partial charge in [-0.3, -0.25) is 4.79 Å². The Hall–Kier alpha value is -1.01. The van der Waals surface area contributed by atoms with Crippen LogP contribution in [0.1, 0.15) is 22.3 Å². The minimum absolute atomic E-state index is 0.0300. The van der Waals surface area contributed by atoms with Crippen LogP contribution in [-0.2, 0) is 6.54 Å². The fraction of sp³-hybridized carbons (Fsp3) is 0.222. The van der Waals surface area contributed by atoms with Gasteiger partial charge < -0.3 is 0 Å². The van der Waals surface area contributed by atoms with Crippen LogP contribution in [0.3, 0.4) is 0 Å². The first-order chi connectivity index (χ1) is 7.22. The number of aromatic nitrogens is 3. The van der Waals surface area contributed by atoms with Crippen molar-refractivity contribution in [2.24, 2.45) is 0 Å². The van der Waals surface area contributed by atoms with E-state index in [4.69, 9.17) is 0 Å². The number of rotatable bonds is 3. The third kappa shape index (κ3) is 2.00. The van der Waals surface area contributed by atoms with Crippen molar-refractivity contribution in [3.05, 3.63) is 32.7 Å². The zero-order valence-electron chi connectivity index (χ0n) is 7.98. The SMILES string of the molecule is CCn1nncc1C(=O)c1cc(Br)cs1. The molecule has 0 saturated carbocycles. The van der Waals surface area contributed by atoms with E-state index >= 15 is 0 Å². The van der Waals surface area contributed by atoms with Gasteiger partial charge in [0.25, 0.3) is 0 Å². The van der Waals surface area contributed by atoms with Gasteiger partial charge in [-0.1, -0.05) is 5.21 Å². The van der Waals surface area contributed by atoms with E-state index < -0.39 is 0 Å². The van der Waals surface area contributed by atoms with Gasteiger partial charge in [-0.15, -0.1) is 16.4 Å². The van der Waals surface area contributed by atoms with E-state index in [0.717, 1.165) is 4.47 Å². The molecular weight excluding hydrogens is 278 g/mol. The van der Waals surface area contributed by atoms with Crippen molar-refractivity contribution < 1.29 is 4.79 Å². The van der Waals surface area contributed by atoms with Crippen molar-refractivity contribution in [3.8, 4) is 0 Å². The highest BCUT2D eigenvalue weighted by molar-refractivity contribution is 9.10. The van der Waals surface area contributed by atoms with Crippen molar-refractivity contribution >= 4 is 33.0 Å². The average Bonchev–Trinajstić information content (AvgIpc) is 2.84. The molecule has 78 valence electrons. The molecule has 2 heterocycles. The largest absolute Gasteiger partial charge is 0.286 e. The summed E-state index contributed by atoms with van der Waals surface area (Å²) >= 11 is 4.73. The Balaban J connectivity index is 2.36. The molecule has 0 bridgehead atoms. The second-order valence-corrected chi connectivity index (χ2v) is 4.72. The van der Waals surface area contributed by atoms with Gasteiger partial charge in [-0.05, 0) is 28.9 Å². The molecule has 0 atom stereocenters. The van der Waals surface area contributed by atoms with Gasteiger partial charge in [0.2, 0.25) is 5.78 Å². The third-order valence-electron chi connectivity index (χ3n) is 1.94. The second kappa shape index (κ2) is 4.24. The Kier molecular flexibility index (Phi) is 2.97. The summed E-state index contributed by atoms with van der Waals surface area (Å²) in [6.07, 6.45) is 1.50. The molecule has 4 nitrogen and oxygen atoms in total. The van der Waals surface area contributed by atoms with E-state index in [0.29, 0.717) is 17.1 Å². The van der Waals surface area contributed by atoms with Crippen molar-refractivity contribution in [2.75, 3.05) is 0 Å². The number of ketones is 1. The van der Waals surface area contributed by atoms with Crippen LogP contribution in [0.15, 0.2) is 22.1 Å². The molecular formula is C9H8BrN3OS. The molecule has 2 aromatic rings. The molecule has 0 fully saturated rings. The first-order valence-corrected chi connectivity index (χ1v) is 6.07. The molecule has 0 aliphatic heterocycles. The smallest absolute Gasteiger partial charge is 0.222 e. The Labute approximate surface area is 99.0 Å². The van der Waals surface area contributed by atoms with Gasteiger partial charge in [0.1, 0.15) is 5.69 Å². The number of aryl methyl sites for hydroxylation is 1. The van der Waals surface area contributed by atoms with Crippen LogP contribution in [0.4, 0.5) is 0 Å². The highest BCUT2D eigenvalue weighted by atomic mass is 79.9. The summed E-state index contributed by atoms with van der Waals surface area (Å²) < 4.78 is 2.52. The number of nitrogens with zero attached hydrogens (tertiary/aromatic N) is 3. The van der Waals surface area contributed by atoms with Gasteiger partial charge in [-0.2, -0.15) is 0 Å². The molecule has 2 aromatic heterocycles. The van der Waals surface area contributed by atoms with Crippen LogP contribution in [0.25, 0.3) is 0 Å². The van der Waals surface area contributed by atoms with Crippen LogP contribution in [0.5, 0.6) is 0 Å². The summed E-state index contributed by atoms with van der Waals surface area (Å²) in [5.74, 6) is -0.0300. The lowest BCUT2D eigenvalue weighted by Gasteiger charge is -1.99. The van der Waals surface area contributed by atoms with E-state index in [1.807, 2.05) is 12.3 Å². The fourth-order valence-electron chi connectivity index (χ4n) is 1.23. The summed E-state index contributed by atoms with van der Waals surface area (Å²) in [5, 5.41) is 9.44. The fourth-order valence-corrected chi connectivity index (χ4v) is 2.60. The van der Waals surface area contributed by atoms with Crippen LogP contribution in [-0.4, -0.2) is 20.8 Å². The lowest BCUT2D eigenvalue weighted by atomic mass is 10.2. The molecule has 0 aromatic carbocycles. The highest BCUT2D eigenvalue weighted by Gasteiger charge is 2.16. The maximum absolute atomic E-state index is 12.0. The minimum Gasteiger partial charge on any atom is -0.286 e. The average molecular weight is 286 g/mol. The molecule has 0 amide bonds. The Morgan fingerprint density at radius 2 is 2.47 bits per heavy atom. The molecule has 0 spiro atoms. The molecule has 0 aliphatic rings. The van der Waals surface area contributed by atoms with Gasteiger partial charge >= 0.3 is 0 Å². The standard InChI is InChI=1S/C9H8BrN3OS/c1-2-13-7(4-11-12-13)9(14)8-3-6(10)5-15-8/h3-5H,2H2,1H3. The number of halogens is 1. The monoisotopic (exact) mass is 285 g/mol. The molecule has 6 heteroatoms. The maximum Gasteiger partial charge on any atom is 0.222 e. The van der Waals surface area contributed by atoms with E-state index in [9.17, 15) is 4.79 Å². The summed E-state index contributed by atoms with van der Waals surface area (Å²) in [5.41, 5.74) is 0.534. The molecule has 0 radical (unpaired) electrons. The predicted molar refractivity (Wildman–Crippen MR) is 61.1 cm³/mol. The number of carbonyl (C=O) groups is 1. The zero-order valence-corrected chi connectivity index (χ0v) is 10.4. The molecule has 0 N–H and O–H groups in total. The summed E-state index contributed by atoms with van der Waals surface area (Å²) in [6.45, 7) is 2.57. The van der Waals surface area contributed by atoms with Gasteiger partial charge in [-0.25, -0.2) is 4.68 Å². The van der Waals surface area contributed by atoms with Crippen LogP contribution in [0, 0.1) is 0 Å². The molecule has 0 unspecified atom stereocenters. The first kappa shape index (κ1) is 10.5. The quantitative estimate of drug-likeness (QED) is 0.814. The topological polar surface area (TPSA) is 47.8 Å². The van der Waals surface area contributed by atoms with Crippen molar-refractivity contribution in [1.82, 2.24) is 15.0 Å². The highest BCUT2D eigenvalue weighted by Crippen LogP contribution is 2.22. The number of thiophene rings is 1. The lowest BCUT2D eigenvalue weighted by Crippen LogP contribution is -2.09. The predicted octanol–water partition coefficient (Wildman–Crippen LogP) is 2.35. The third-order valence-corrected chi connectivity index (χ3v) is 3.63. The number of hydrogen-bond donors (Lipinski definition) is 0. The molecule has 15 heavy (non-hydrogen) atoms. The van der Waals surface area contributed by atoms with E-state index in [-0.39, 0.29) is 5.78 Å². The van der Waals surface area contributed by atoms with E-state index in [1.165, 1.54) is 17.5 Å². The minimum atomic E-state index is -0.0300. The normalized spacial score (nSPS) is 10.5. The number of hydrogen-bond acceptors (Lipinski definition) is 4. The van der Waals surface area contributed by atoms with E-state index in [2.05, 4.69) is 26.2 Å². The summed E-state index contributed by atoms with van der Waals surface area (Å²) in [6, 6.07) is 1.81. The van der Waals surface area contributed by atoms with E-state index in [1.54, 1.807) is 10.7 Å². The first-order valence-electron chi connectivity index (χ1n) is 4.39. The molecule has 0 saturated heterocycles. The van der Waals surface area contributed by atoms with Crippen molar-refractivity contribution in [2.45, 2.75) is 13.5 Å². The van der Waals surface area contributed by atoms with Crippen molar-refractivity contribution in [3.63, 3.8) is 0 Å². The second-order valence-electron chi connectivity index (χ2n) is 2.89. The molecule has 2 rings (SSSR count). The van der Waals surface area contributed by atoms with Gasteiger partial charge in [0.05, 0.1) is 11.1 Å². The van der Waals surface area contributed by atoms with Gasteiger partial charge in [0.15, 0.2) is 0 Å². The Bertz CT molecular complexity index is 491. The Morgan fingerprint density at radius 3 is 3.07 bits per heavy atom. The molecule has 0 aliphatic carbocycles. The van der Waals surface area contributed by atoms with Crippen LogP contribution < -0.4 is 0 Å². The zero-order chi connectivity index (χ0) is 10.8. The van der Waals surface area contributed by atoms with Gasteiger partial charge in [0, 0.05) is 16.4 Å². The lowest BCUT2D eigenvalue weighted by molar-refractivity contribution is 0.103. The van der Waals surface area contributed by atoms with Crippen LogP contribution in [0.2, 0.25) is 0 Å². The summed E-state index contributed by atoms with van der Waals surface area (Å²) in [4.78, 5) is 12.7. The number of carbonyl (C=O) groups excluding carboxylic acids is 1. The maximum atomic E-state index is 12.0. The van der Waals surface area contributed by atoms with Crippen LogP contribution >= 0.6 is 27.3 Å². The Morgan fingerprint density at radius 1 is 1.67 bits per heavy atom. The summed E-state index contributed by atoms with van der Waals surface area (Å²) in [7, 11) is 0.